The highest BCUT2D eigenvalue weighted by molar-refractivity contribution is 5.70. The van der Waals surface area contributed by atoms with Gasteiger partial charge >= 0.3 is 11.9 Å². The maximum atomic E-state index is 12.6. The zero-order chi connectivity index (χ0) is 37.8. The third-order valence-corrected chi connectivity index (χ3v) is 9.38. The molecule has 0 amide bonds. The molecule has 0 fully saturated rings. The quantitative estimate of drug-likeness (QED) is 0.0357. The van der Waals surface area contributed by atoms with Crippen molar-refractivity contribution >= 4 is 11.9 Å². The number of hydrogen-bond acceptors (Lipinski definition) is 5. The van der Waals surface area contributed by atoms with E-state index in [1.807, 2.05) is 0 Å². The van der Waals surface area contributed by atoms with E-state index in [-0.39, 0.29) is 25.2 Å². The van der Waals surface area contributed by atoms with Crippen molar-refractivity contribution in [2.75, 3.05) is 19.8 Å². The summed E-state index contributed by atoms with van der Waals surface area (Å²) in [6, 6.07) is 0. The average molecular weight is 729 g/mol. The van der Waals surface area contributed by atoms with Crippen LogP contribution in [0.15, 0.2) is 48.6 Å². The summed E-state index contributed by atoms with van der Waals surface area (Å²) in [6.45, 7) is 7.57. The van der Waals surface area contributed by atoms with Gasteiger partial charge in [-0.15, -0.1) is 0 Å². The summed E-state index contributed by atoms with van der Waals surface area (Å²) < 4.78 is 17.2. The molecule has 0 spiro atoms. The van der Waals surface area contributed by atoms with E-state index in [2.05, 4.69) is 69.4 Å². The second-order valence-electron chi connectivity index (χ2n) is 14.6. The second kappa shape index (κ2) is 43.3. The van der Waals surface area contributed by atoms with Gasteiger partial charge in [0.15, 0.2) is 6.10 Å². The number of unbranched alkanes of at least 4 members (excludes halogenated alkanes) is 21. The van der Waals surface area contributed by atoms with Crippen LogP contribution in [0.2, 0.25) is 0 Å². The van der Waals surface area contributed by atoms with Gasteiger partial charge < -0.3 is 14.2 Å². The van der Waals surface area contributed by atoms with Crippen LogP contribution in [-0.4, -0.2) is 37.9 Å². The Labute approximate surface area is 322 Å². The number of esters is 2. The highest BCUT2D eigenvalue weighted by Crippen LogP contribution is 2.14. The number of allylic oxidation sites excluding steroid dienone is 8. The summed E-state index contributed by atoms with van der Waals surface area (Å²) >= 11 is 0. The molecule has 0 rings (SSSR count). The van der Waals surface area contributed by atoms with Gasteiger partial charge in [-0.2, -0.15) is 0 Å². The van der Waals surface area contributed by atoms with Gasteiger partial charge in [0.1, 0.15) is 6.61 Å². The predicted molar refractivity (Wildman–Crippen MR) is 224 cm³/mol. The summed E-state index contributed by atoms with van der Waals surface area (Å²) in [4.78, 5) is 25.1. The van der Waals surface area contributed by atoms with Gasteiger partial charge in [-0.3, -0.25) is 9.59 Å². The van der Waals surface area contributed by atoms with Crippen molar-refractivity contribution in [2.24, 2.45) is 0 Å². The Morgan fingerprint density at radius 1 is 0.442 bits per heavy atom. The molecule has 0 aromatic heterocycles. The van der Waals surface area contributed by atoms with Gasteiger partial charge in [-0.1, -0.05) is 198 Å². The minimum Gasteiger partial charge on any atom is -0.462 e. The molecule has 0 aliphatic rings. The second-order valence-corrected chi connectivity index (χ2v) is 14.6. The molecule has 0 radical (unpaired) electrons. The Bertz CT molecular complexity index is 873. The third-order valence-electron chi connectivity index (χ3n) is 9.38. The Kier molecular flexibility index (Phi) is 41.5. The van der Waals surface area contributed by atoms with Crippen LogP contribution in [0.25, 0.3) is 0 Å². The van der Waals surface area contributed by atoms with Crippen molar-refractivity contribution in [2.45, 2.75) is 219 Å². The number of carbonyl (C=O) groups excluding carboxylic acids is 2. The van der Waals surface area contributed by atoms with Crippen LogP contribution in [0.3, 0.4) is 0 Å². The van der Waals surface area contributed by atoms with Crippen LogP contribution in [0.1, 0.15) is 213 Å². The molecule has 0 saturated heterocycles. The molecule has 0 aromatic carbocycles. The number of ether oxygens (including phenoxy) is 3. The maximum Gasteiger partial charge on any atom is 0.306 e. The predicted octanol–water partition coefficient (Wildman–Crippen LogP) is 14.4. The van der Waals surface area contributed by atoms with E-state index < -0.39 is 6.10 Å². The van der Waals surface area contributed by atoms with Gasteiger partial charge in [0.25, 0.3) is 0 Å². The van der Waals surface area contributed by atoms with Crippen LogP contribution >= 0.6 is 0 Å². The fourth-order valence-electron chi connectivity index (χ4n) is 6.10. The van der Waals surface area contributed by atoms with Gasteiger partial charge in [-0.05, 0) is 51.4 Å². The van der Waals surface area contributed by atoms with Crippen molar-refractivity contribution < 1.29 is 23.8 Å². The van der Waals surface area contributed by atoms with Crippen molar-refractivity contribution in [1.82, 2.24) is 0 Å². The number of hydrogen-bond donors (Lipinski definition) is 0. The lowest BCUT2D eigenvalue weighted by Gasteiger charge is -2.18. The molecule has 5 nitrogen and oxygen atoms in total. The molecular formula is C47H84O5. The molecule has 0 heterocycles. The molecule has 0 aliphatic heterocycles. The molecule has 1 atom stereocenters. The van der Waals surface area contributed by atoms with Crippen molar-refractivity contribution in [3.8, 4) is 0 Å². The van der Waals surface area contributed by atoms with Crippen LogP contribution < -0.4 is 0 Å². The Balaban J connectivity index is 4.29. The van der Waals surface area contributed by atoms with Gasteiger partial charge in [0, 0.05) is 19.4 Å². The molecule has 52 heavy (non-hydrogen) atoms. The van der Waals surface area contributed by atoms with Crippen LogP contribution in [0, 0.1) is 0 Å². The summed E-state index contributed by atoms with van der Waals surface area (Å²) in [5.74, 6) is -0.425. The lowest BCUT2D eigenvalue weighted by atomic mass is 10.0. The van der Waals surface area contributed by atoms with Gasteiger partial charge in [-0.25, -0.2) is 0 Å². The van der Waals surface area contributed by atoms with Crippen LogP contribution in [0.5, 0.6) is 0 Å². The fraction of sp³-hybridized carbons (Fsp3) is 0.787. The van der Waals surface area contributed by atoms with Crippen LogP contribution in [0.4, 0.5) is 0 Å². The Morgan fingerprint density at radius 3 is 1.31 bits per heavy atom. The van der Waals surface area contributed by atoms with E-state index in [0.717, 1.165) is 64.2 Å². The molecule has 0 N–H and O–H groups in total. The SMILES string of the molecule is CC/C=C\C/C=C\C/C=C\C/C=C\CCCOCC(COC(=O)CCCCCCCCCCCCCCC)OC(=O)CCCCCCCCCCC. The molecule has 302 valence electrons. The van der Waals surface area contributed by atoms with E-state index >= 15 is 0 Å². The minimum atomic E-state index is -0.556. The topological polar surface area (TPSA) is 61.8 Å². The zero-order valence-corrected chi connectivity index (χ0v) is 34.6. The number of rotatable bonds is 40. The molecule has 0 saturated carbocycles. The van der Waals surface area contributed by atoms with Crippen molar-refractivity contribution in [1.29, 1.82) is 0 Å². The highest BCUT2D eigenvalue weighted by Gasteiger charge is 2.17. The first-order valence-corrected chi connectivity index (χ1v) is 22.2. The van der Waals surface area contributed by atoms with E-state index in [1.165, 1.54) is 116 Å². The van der Waals surface area contributed by atoms with Crippen LogP contribution in [-0.2, 0) is 23.8 Å². The zero-order valence-electron chi connectivity index (χ0n) is 34.6. The number of carbonyl (C=O) groups is 2. The minimum absolute atomic E-state index is 0.0671. The van der Waals surface area contributed by atoms with Gasteiger partial charge in [0.2, 0.25) is 0 Å². The lowest BCUT2D eigenvalue weighted by molar-refractivity contribution is -0.163. The van der Waals surface area contributed by atoms with E-state index in [4.69, 9.17) is 14.2 Å². The maximum absolute atomic E-state index is 12.6. The molecule has 0 bridgehead atoms. The summed E-state index contributed by atoms with van der Waals surface area (Å²) in [5.41, 5.74) is 0. The molecule has 0 aliphatic carbocycles. The normalized spacial score (nSPS) is 12.6. The fourth-order valence-corrected chi connectivity index (χ4v) is 6.10. The largest absolute Gasteiger partial charge is 0.462 e. The summed E-state index contributed by atoms with van der Waals surface area (Å²) in [7, 11) is 0. The van der Waals surface area contributed by atoms with E-state index in [0.29, 0.717) is 19.4 Å². The van der Waals surface area contributed by atoms with Crippen molar-refractivity contribution in [3.05, 3.63) is 48.6 Å². The molecule has 1 unspecified atom stereocenters. The molecule has 5 heteroatoms. The first-order valence-electron chi connectivity index (χ1n) is 22.2. The van der Waals surface area contributed by atoms with E-state index in [9.17, 15) is 9.59 Å². The summed E-state index contributed by atoms with van der Waals surface area (Å²) in [6.07, 6.45) is 51.2. The first kappa shape index (κ1) is 49.9. The first-order chi connectivity index (χ1) is 25.6. The average Bonchev–Trinajstić information content (AvgIpc) is 3.14. The Morgan fingerprint density at radius 2 is 0.846 bits per heavy atom. The Hall–Kier alpha value is -2.14. The smallest absolute Gasteiger partial charge is 0.306 e. The van der Waals surface area contributed by atoms with Crippen molar-refractivity contribution in [3.63, 3.8) is 0 Å². The standard InChI is InChI=1S/C47H84O5/c1-4-7-10-13-16-19-21-23-25-27-30-33-36-39-42-50-43-45(52-47(49)41-38-35-32-28-18-15-12-9-6-3)44-51-46(48)40-37-34-31-29-26-24-22-20-17-14-11-8-5-2/h7,10,16,19,23,25,30,33,45H,4-6,8-9,11-15,17-18,20-22,24,26-29,31-32,34-44H2,1-3H3/b10-7-,19-16-,25-23-,33-30-. The van der Waals surface area contributed by atoms with E-state index in [1.54, 1.807) is 0 Å². The molecule has 0 aromatic rings. The third kappa shape index (κ3) is 40.6. The monoisotopic (exact) mass is 729 g/mol. The summed E-state index contributed by atoms with van der Waals surface area (Å²) in [5, 5.41) is 0. The lowest BCUT2D eigenvalue weighted by Crippen LogP contribution is -2.30. The van der Waals surface area contributed by atoms with Gasteiger partial charge in [0.05, 0.1) is 6.61 Å². The highest BCUT2D eigenvalue weighted by atomic mass is 16.6. The molecular weight excluding hydrogens is 645 g/mol.